The normalized spacial score (nSPS) is 20.8. The molecule has 0 N–H and O–H groups in total. The van der Waals surface area contributed by atoms with Crippen molar-refractivity contribution in [3.05, 3.63) is 17.6 Å². The summed E-state index contributed by atoms with van der Waals surface area (Å²) in [4.78, 5) is 0. The molecule has 0 saturated carbocycles. The predicted octanol–water partition coefficient (Wildman–Crippen LogP) is 0.894. The van der Waals surface area contributed by atoms with Crippen molar-refractivity contribution in [2.24, 2.45) is 0 Å². The maximum Gasteiger partial charge on any atom is 0.523 e. The van der Waals surface area contributed by atoms with Crippen LogP contribution in [0.2, 0.25) is 0 Å². The number of methoxy groups -OCH3 is 1. The van der Waals surface area contributed by atoms with E-state index in [1.54, 1.807) is 0 Å². The third kappa shape index (κ3) is 2.99. The Balaban J connectivity index is 2.53. The Morgan fingerprint density at radius 1 is 1.56 bits per heavy atom. The fraction of sp³-hybridized carbons (Fsp3) is 0.571. The van der Waals surface area contributed by atoms with Crippen molar-refractivity contribution >= 4 is 10.1 Å². The first-order chi connectivity index (χ1) is 7.26. The summed E-state index contributed by atoms with van der Waals surface area (Å²) in [5.74, 6) is -0.181. The molecule has 5 nitrogen and oxygen atoms in total. The summed E-state index contributed by atoms with van der Waals surface area (Å²) in [6.45, 7) is -0.877. The summed E-state index contributed by atoms with van der Waals surface area (Å²) in [5, 5.41) is 0. The van der Waals surface area contributed by atoms with E-state index in [0.717, 1.165) is 0 Å². The van der Waals surface area contributed by atoms with Crippen molar-refractivity contribution < 1.29 is 35.2 Å². The number of hydrogen-bond donors (Lipinski definition) is 0. The third-order valence-electron chi connectivity index (χ3n) is 1.50. The molecule has 92 valence electrons. The van der Waals surface area contributed by atoms with Crippen LogP contribution in [0.25, 0.3) is 0 Å². The van der Waals surface area contributed by atoms with Gasteiger partial charge in [0.15, 0.2) is 5.76 Å². The van der Waals surface area contributed by atoms with Gasteiger partial charge in [0, 0.05) is 13.2 Å². The summed E-state index contributed by atoms with van der Waals surface area (Å²) in [6, 6.07) is 0. The highest BCUT2D eigenvalue weighted by molar-refractivity contribution is 7.87. The van der Waals surface area contributed by atoms with Gasteiger partial charge in [-0.25, -0.2) is 0 Å². The number of alkyl halides is 3. The molecule has 0 spiro atoms. The molecule has 16 heavy (non-hydrogen) atoms. The van der Waals surface area contributed by atoms with Gasteiger partial charge in [-0.05, 0) is 0 Å². The molecule has 1 heterocycles. The molecule has 1 atom stereocenters. The Labute approximate surface area is 89.2 Å². The Bertz CT molecular complexity index is 418. The maximum absolute atomic E-state index is 11.8. The third-order valence-corrected chi connectivity index (χ3v) is 2.49. The van der Waals surface area contributed by atoms with Gasteiger partial charge in [0.1, 0.15) is 6.61 Å². The van der Waals surface area contributed by atoms with Gasteiger partial charge < -0.3 is 9.47 Å². The predicted molar refractivity (Wildman–Crippen MR) is 44.4 cm³/mol. The summed E-state index contributed by atoms with van der Waals surface area (Å²) in [5.41, 5.74) is -3.08. The van der Waals surface area contributed by atoms with E-state index in [1.807, 2.05) is 0 Å². The molecule has 0 aromatic heterocycles. The van der Waals surface area contributed by atoms with Crippen molar-refractivity contribution in [3.8, 4) is 0 Å². The first-order valence-electron chi connectivity index (χ1n) is 3.87. The number of ether oxygens (including phenoxy) is 2. The molecule has 0 saturated heterocycles. The van der Waals surface area contributed by atoms with Crippen LogP contribution in [0.4, 0.5) is 13.2 Å². The Hall–Kier alpha value is -1.02. The van der Waals surface area contributed by atoms with Gasteiger partial charge in [-0.1, -0.05) is 5.73 Å². The van der Waals surface area contributed by atoms with E-state index in [9.17, 15) is 21.6 Å². The fourth-order valence-electron chi connectivity index (χ4n) is 0.759. The lowest BCUT2D eigenvalue weighted by atomic mass is 10.5. The number of hydrogen-bond acceptors (Lipinski definition) is 5. The molecule has 0 aromatic rings. The van der Waals surface area contributed by atoms with E-state index in [4.69, 9.17) is 4.74 Å². The summed E-state index contributed by atoms with van der Waals surface area (Å²) in [6.07, 6.45) is 0.492. The molecule has 9 heteroatoms. The zero-order valence-corrected chi connectivity index (χ0v) is 8.76. The Morgan fingerprint density at radius 2 is 2.19 bits per heavy atom. The molecular formula is C7H7F3O5S. The smallest absolute Gasteiger partial charge is 0.454 e. The molecule has 0 bridgehead atoms. The molecule has 0 aliphatic carbocycles. The highest BCUT2D eigenvalue weighted by Crippen LogP contribution is 2.25. The largest absolute Gasteiger partial charge is 0.523 e. The molecule has 0 aromatic carbocycles. The van der Waals surface area contributed by atoms with Crippen LogP contribution in [0.15, 0.2) is 17.6 Å². The molecular weight excluding hydrogens is 253 g/mol. The summed E-state index contributed by atoms with van der Waals surface area (Å²) >= 11 is 0. The first-order valence-corrected chi connectivity index (χ1v) is 5.28. The lowest BCUT2D eigenvalue weighted by Crippen LogP contribution is -2.26. The maximum atomic E-state index is 11.8. The van der Waals surface area contributed by atoms with Crippen LogP contribution in [-0.4, -0.2) is 33.9 Å². The van der Waals surface area contributed by atoms with Gasteiger partial charge in [0.25, 0.3) is 0 Å². The van der Waals surface area contributed by atoms with E-state index in [1.165, 1.54) is 13.2 Å². The molecule has 0 fully saturated rings. The van der Waals surface area contributed by atoms with Crippen molar-refractivity contribution in [1.29, 1.82) is 0 Å². The molecule has 1 unspecified atom stereocenters. The van der Waals surface area contributed by atoms with Crippen LogP contribution in [0, 0.1) is 0 Å². The van der Waals surface area contributed by atoms with E-state index >= 15 is 0 Å². The monoisotopic (exact) mass is 260 g/mol. The average molecular weight is 260 g/mol. The van der Waals surface area contributed by atoms with Crippen LogP contribution in [0.1, 0.15) is 0 Å². The van der Waals surface area contributed by atoms with Crippen LogP contribution in [-0.2, 0) is 23.8 Å². The summed E-state index contributed by atoms with van der Waals surface area (Å²) < 4.78 is 69.6. The number of halogens is 3. The average Bonchev–Trinajstić information content (AvgIpc) is 2.60. The van der Waals surface area contributed by atoms with Gasteiger partial charge >= 0.3 is 15.6 Å². The topological polar surface area (TPSA) is 61.8 Å². The van der Waals surface area contributed by atoms with Gasteiger partial charge in [0.05, 0.1) is 0 Å². The highest BCUT2D eigenvalue weighted by Gasteiger charge is 2.47. The van der Waals surface area contributed by atoms with Gasteiger partial charge in [-0.3, -0.25) is 4.18 Å². The van der Waals surface area contributed by atoms with E-state index in [0.29, 0.717) is 0 Å². The SMILES string of the molecule is COC1C=C=C(COS(=O)(=O)C(F)(F)F)O1. The molecule has 1 rings (SSSR count). The van der Waals surface area contributed by atoms with E-state index in [-0.39, 0.29) is 5.76 Å². The van der Waals surface area contributed by atoms with Crippen molar-refractivity contribution in [3.63, 3.8) is 0 Å². The Morgan fingerprint density at radius 3 is 2.62 bits per heavy atom. The quantitative estimate of drug-likeness (QED) is 0.427. The highest BCUT2D eigenvalue weighted by atomic mass is 32.2. The molecule has 0 radical (unpaired) electrons. The molecule has 1 aliphatic rings. The minimum Gasteiger partial charge on any atom is -0.454 e. The van der Waals surface area contributed by atoms with E-state index < -0.39 is 28.5 Å². The zero-order valence-electron chi connectivity index (χ0n) is 7.95. The van der Waals surface area contributed by atoms with Crippen molar-refractivity contribution in [1.82, 2.24) is 0 Å². The van der Waals surface area contributed by atoms with Crippen LogP contribution < -0.4 is 0 Å². The minimum absolute atomic E-state index is 0.181. The van der Waals surface area contributed by atoms with Gasteiger partial charge in [-0.2, -0.15) is 21.6 Å². The summed E-state index contributed by atoms with van der Waals surface area (Å²) in [7, 11) is -4.30. The van der Waals surface area contributed by atoms with E-state index in [2.05, 4.69) is 14.7 Å². The Kier molecular flexibility index (Phi) is 3.64. The second-order valence-corrected chi connectivity index (χ2v) is 4.23. The zero-order chi connectivity index (χ0) is 12.4. The molecule has 0 amide bonds. The second kappa shape index (κ2) is 4.46. The molecule has 1 aliphatic heterocycles. The van der Waals surface area contributed by atoms with Crippen molar-refractivity contribution in [2.45, 2.75) is 11.8 Å². The fourth-order valence-corrected chi connectivity index (χ4v) is 1.15. The standard InChI is InChI=1S/C7H7F3O5S/c1-13-6-3-2-5(15-6)4-14-16(11,12)7(8,9)10/h3,6H,4H2,1H3. The lowest BCUT2D eigenvalue weighted by Gasteiger charge is -2.11. The minimum atomic E-state index is -5.60. The van der Waals surface area contributed by atoms with Crippen LogP contribution in [0.3, 0.4) is 0 Å². The van der Waals surface area contributed by atoms with Gasteiger partial charge in [0.2, 0.25) is 6.29 Å². The van der Waals surface area contributed by atoms with Gasteiger partial charge in [-0.15, -0.1) is 0 Å². The van der Waals surface area contributed by atoms with Crippen LogP contribution >= 0.6 is 0 Å². The van der Waals surface area contributed by atoms with Crippen LogP contribution in [0.5, 0.6) is 0 Å². The number of rotatable bonds is 4. The first kappa shape index (κ1) is 13.0. The second-order valence-electron chi connectivity index (χ2n) is 2.62. The lowest BCUT2D eigenvalue weighted by molar-refractivity contribution is -0.0642. The van der Waals surface area contributed by atoms with Crippen molar-refractivity contribution in [2.75, 3.05) is 13.7 Å².